The Bertz CT molecular complexity index is 472. The van der Waals surface area contributed by atoms with Crippen LogP contribution in [-0.2, 0) is 4.79 Å². The van der Waals surface area contributed by atoms with E-state index in [2.05, 4.69) is 5.32 Å². The third-order valence-electron chi connectivity index (χ3n) is 2.64. The highest BCUT2D eigenvalue weighted by Gasteiger charge is 2.12. The number of nitrogens with one attached hydrogen (secondary N) is 1. The minimum atomic E-state index is -0.859. The van der Waals surface area contributed by atoms with Crippen LogP contribution in [0, 0.1) is 0 Å². The summed E-state index contributed by atoms with van der Waals surface area (Å²) < 4.78 is 0. The number of aromatic hydroxyl groups is 2. The average Bonchev–Trinajstić information content (AvgIpc) is 2.32. The molecule has 0 aliphatic carbocycles. The van der Waals surface area contributed by atoms with Crippen LogP contribution in [0.2, 0.25) is 0 Å². The van der Waals surface area contributed by atoms with Crippen LogP contribution in [0.25, 0.3) is 0 Å². The minimum Gasteiger partial charge on any atom is -0.504 e. The average molecular weight is 267 g/mol. The lowest BCUT2D eigenvalue weighted by Crippen LogP contribution is -2.32. The maximum Gasteiger partial charge on any atom is 0.303 e. The van der Waals surface area contributed by atoms with E-state index in [1.807, 2.05) is 0 Å². The van der Waals surface area contributed by atoms with Gasteiger partial charge in [0.1, 0.15) is 0 Å². The van der Waals surface area contributed by atoms with Gasteiger partial charge in [-0.1, -0.05) is 0 Å². The first kappa shape index (κ1) is 14.8. The number of carbonyl (C=O) groups excluding carboxylic acids is 1. The number of hydrogen-bond acceptors (Lipinski definition) is 4. The first-order chi connectivity index (χ1) is 8.90. The zero-order valence-electron chi connectivity index (χ0n) is 10.6. The minimum absolute atomic E-state index is 0.0697. The number of aliphatic carboxylic acids is 1. The summed E-state index contributed by atoms with van der Waals surface area (Å²) in [5.74, 6) is -1.88. The molecule has 0 saturated carbocycles. The van der Waals surface area contributed by atoms with Crippen LogP contribution in [0.15, 0.2) is 18.2 Å². The molecule has 0 fully saturated rings. The first-order valence-electron chi connectivity index (χ1n) is 5.94. The molecule has 0 bridgehead atoms. The largest absolute Gasteiger partial charge is 0.504 e. The second kappa shape index (κ2) is 6.63. The van der Waals surface area contributed by atoms with Gasteiger partial charge in [0.2, 0.25) is 0 Å². The summed E-state index contributed by atoms with van der Waals surface area (Å²) in [5, 5.41) is 29.6. The van der Waals surface area contributed by atoms with Crippen LogP contribution >= 0.6 is 0 Å². The Morgan fingerprint density at radius 1 is 1.26 bits per heavy atom. The van der Waals surface area contributed by atoms with Gasteiger partial charge in [0, 0.05) is 18.0 Å². The molecule has 1 aromatic carbocycles. The van der Waals surface area contributed by atoms with Crippen molar-refractivity contribution < 1.29 is 24.9 Å². The van der Waals surface area contributed by atoms with E-state index < -0.39 is 5.97 Å². The molecule has 6 nitrogen and oxygen atoms in total. The Morgan fingerprint density at radius 2 is 1.95 bits per heavy atom. The van der Waals surface area contributed by atoms with Crippen LogP contribution in [0.3, 0.4) is 0 Å². The lowest BCUT2D eigenvalue weighted by atomic mass is 10.1. The van der Waals surface area contributed by atoms with E-state index in [1.54, 1.807) is 6.92 Å². The molecule has 4 N–H and O–H groups in total. The molecule has 0 aliphatic rings. The molecule has 1 aromatic rings. The van der Waals surface area contributed by atoms with Crippen LogP contribution in [0.4, 0.5) is 0 Å². The topological polar surface area (TPSA) is 107 Å². The molecule has 0 saturated heterocycles. The standard InChI is InChI=1S/C13H17NO5/c1-8(3-2-4-12(17)18)14-13(19)9-5-6-10(15)11(16)7-9/h5-8,15-16H,2-4H2,1H3,(H,14,19)(H,17,18). The van der Waals surface area contributed by atoms with Gasteiger partial charge in [-0.05, 0) is 38.0 Å². The van der Waals surface area contributed by atoms with Gasteiger partial charge in [0.05, 0.1) is 0 Å². The maximum absolute atomic E-state index is 11.8. The van der Waals surface area contributed by atoms with E-state index in [9.17, 15) is 14.7 Å². The predicted molar refractivity (Wildman–Crippen MR) is 68.2 cm³/mol. The fourth-order valence-electron chi connectivity index (χ4n) is 1.60. The fraction of sp³-hybridized carbons (Fsp3) is 0.385. The van der Waals surface area contributed by atoms with E-state index in [0.29, 0.717) is 12.8 Å². The SMILES string of the molecule is CC(CCCC(=O)O)NC(=O)c1ccc(O)c(O)c1. The zero-order valence-corrected chi connectivity index (χ0v) is 10.6. The molecule has 0 spiro atoms. The summed E-state index contributed by atoms with van der Waals surface area (Å²) in [6.07, 6.45) is 1.11. The number of carboxylic acids is 1. The lowest BCUT2D eigenvalue weighted by Gasteiger charge is -2.13. The highest BCUT2D eigenvalue weighted by Crippen LogP contribution is 2.24. The highest BCUT2D eigenvalue weighted by molar-refractivity contribution is 5.95. The molecule has 104 valence electrons. The number of phenols is 2. The summed E-state index contributed by atoms with van der Waals surface area (Å²) in [6.45, 7) is 1.78. The second-order valence-corrected chi connectivity index (χ2v) is 4.36. The monoisotopic (exact) mass is 267 g/mol. The number of hydrogen-bond donors (Lipinski definition) is 4. The van der Waals surface area contributed by atoms with Gasteiger partial charge in [-0.3, -0.25) is 9.59 Å². The number of benzene rings is 1. The Kier molecular flexibility index (Phi) is 5.17. The van der Waals surface area contributed by atoms with Gasteiger partial charge in [-0.25, -0.2) is 0 Å². The molecule has 6 heteroatoms. The van der Waals surface area contributed by atoms with Gasteiger partial charge in [0.25, 0.3) is 5.91 Å². The fourth-order valence-corrected chi connectivity index (χ4v) is 1.60. The summed E-state index contributed by atoms with van der Waals surface area (Å²) in [6, 6.07) is 3.64. The van der Waals surface area contributed by atoms with Gasteiger partial charge in [-0.15, -0.1) is 0 Å². The van der Waals surface area contributed by atoms with Crippen molar-refractivity contribution in [1.82, 2.24) is 5.32 Å². The third-order valence-corrected chi connectivity index (χ3v) is 2.64. The summed E-state index contributed by atoms with van der Waals surface area (Å²) in [7, 11) is 0. The molecule has 1 amide bonds. The second-order valence-electron chi connectivity index (χ2n) is 4.36. The van der Waals surface area contributed by atoms with Crippen LogP contribution < -0.4 is 5.32 Å². The summed E-state index contributed by atoms with van der Waals surface area (Å²) in [4.78, 5) is 22.2. The van der Waals surface area contributed by atoms with Crippen molar-refractivity contribution in [1.29, 1.82) is 0 Å². The third kappa shape index (κ3) is 4.87. The number of amides is 1. The number of phenolic OH excluding ortho intramolecular Hbond substituents is 2. The van der Waals surface area contributed by atoms with Crippen molar-refractivity contribution in [2.24, 2.45) is 0 Å². The lowest BCUT2D eigenvalue weighted by molar-refractivity contribution is -0.137. The van der Waals surface area contributed by atoms with Crippen LogP contribution in [0.1, 0.15) is 36.5 Å². The van der Waals surface area contributed by atoms with Crippen molar-refractivity contribution in [3.8, 4) is 11.5 Å². The van der Waals surface area contributed by atoms with Crippen molar-refractivity contribution >= 4 is 11.9 Å². The highest BCUT2D eigenvalue weighted by atomic mass is 16.4. The Morgan fingerprint density at radius 3 is 2.53 bits per heavy atom. The zero-order chi connectivity index (χ0) is 14.4. The molecule has 0 radical (unpaired) electrons. The van der Waals surface area contributed by atoms with E-state index >= 15 is 0 Å². The molecular formula is C13H17NO5. The quantitative estimate of drug-likeness (QED) is 0.584. The van der Waals surface area contributed by atoms with E-state index in [0.717, 1.165) is 0 Å². The normalized spacial score (nSPS) is 11.8. The van der Waals surface area contributed by atoms with Crippen molar-refractivity contribution in [3.05, 3.63) is 23.8 Å². The molecular weight excluding hydrogens is 250 g/mol. The number of carbonyl (C=O) groups is 2. The molecule has 1 atom stereocenters. The van der Waals surface area contributed by atoms with Crippen molar-refractivity contribution in [3.63, 3.8) is 0 Å². The van der Waals surface area contributed by atoms with E-state index in [-0.39, 0.29) is 35.4 Å². The molecule has 1 unspecified atom stereocenters. The van der Waals surface area contributed by atoms with Gasteiger partial charge in [-0.2, -0.15) is 0 Å². The van der Waals surface area contributed by atoms with Crippen molar-refractivity contribution in [2.45, 2.75) is 32.2 Å². The Labute approximate surface area is 110 Å². The number of carboxylic acid groups (broad SMARTS) is 1. The van der Waals surface area contributed by atoms with Gasteiger partial charge in [0.15, 0.2) is 11.5 Å². The molecule has 19 heavy (non-hydrogen) atoms. The van der Waals surface area contributed by atoms with E-state index in [4.69, 9.17) is 10.2 Å². The summed E-state index contributed by atoms with van der Waals surface area (Å²) in [5.41, 5.74) is 0.236. The van der Waals surface area contributed by atoms with Crippen LogP contribution in [-0.4, -0.2) is 33.2 Å². The van der Waals surface area contributed by atoms with Gasteiger partial charge >= 0.3 is 5.97 Å². The predicted octanol–water partition coefficient (Wildman–Crippen LogP) is 1.47. The molecule has 0 aromatic heterocycles. The molecule has 0 heterocycles. The maximum atomic E-state index is 11.8. The first-order valence-corrected chi connectivity index (χ1v) is 5.94. The molecule has 1 rings (SSSR count). The van der Waals surface area contributed by atoms with Crippen LogP contribution in [0.5, 0.6) is 11.5 Å². The summed E-state index contributed by atoms with van der Waals surface area (Å²) >= 11 is 0. The number of rotatable bonds is 6. The Hall–Kier alpha value is -2.24. The smallest absolute Gasteiger partial charge is 0.303 e. The van der Waals surface area contributed by atoms with Crippen molar-refractivity contribution in [2.75, 3.05) is 0 Å². The molecule has 0 aliphatic heterocycles. The van der Waals surface area contributed by atoms with E-state index in [1.165, 1.54) is 18.2 Å². The Balaban J connectivity index is 2.49. The van der Waals surface area contributed by atoms with Gasteiger partial charge < -0.3 is 20.6 Å².